The molecule has 3 aromatic heterocycles. The first-order valence-corrected chi connectivity index (χ1v) is 16.3. The Hall–Kier alpha value is -3.35. The number of hydrogen-bond acceptors (Lipinski definition) is 19. The van der Waals surface area contributed by atoms with Gasteiger partial charge in [0.15, 0.2) is 35.4 Å². The molecule has 4 aliphatic heterocycles. The molecule has 250 valence electrons. The van der Waals surface area contributed by atoms with E-state index >= 15 is 0 Å². The van der Waals surface area contributed by atoms with Gasteiger partial charge >= 0.3 is 15.6 Å². The number of phosphoric acid groups is 2. The molecule has 4 bridgehead atoms. The van der Waals surface area contributed by atoms with Crippen LogP contribution in [0.1, 0.15) is 24.3 Å². The number of hydrogen-bond donors (Lipinski definition) is 9. The zero-order valence-corrected chi connectivity index (χ0v) is 24.8. The largest absolute Gasteiger partial charge is 0.472 e. The second-order valence-corrected chi connectivity index (χ2v) is 13.3. The van der Waals surface area contributed by atoms with Crippen molar-refractivity contribution in [2.45, 2.75) is 55.2 Å². The fraction of sp³-hybridized carbons (Fsp3) is 0.550. The monoisotopic (exact) mass is 691 g/mol. The van der Waals surface area contributed by atoms with Crippen LogP contribution < -0.4 is 28.1 Å². The van der Waals surface area contributed by atoms with E-state index < -0.39 is 89.7 Å². The van der Waals surface area contributed by atoms with Gasteiger partial charge in [-0.05, 0) is 0 Å². The van der Waals surface area contributed by atoms with E-state index in [4.69, 9.17) is 44.8 Å². The van der Waals surface area contributed by atoms with Crippen LogP contribution in [0.25, 0.3) is 11.2 Å². The van der Waals surface area contributed by atoms with E-state index in [9.17, 15) is 33.9 Å². The van der Waals surface area contributed by atoms with Gasteiger partial charge in [-0.15, -0.1) is 0 Å². The predicted molar refractivity (Wildman–Crippen MR) is 147 cm³/mol. The number of aromatic amines is 1. The molecule has 7 heterocycles. The van der Waals surface area contributed by atoms with Crippen molar-refractivity contribution in [2.24, 2.45) is 16.5 Å². The van der Waals surface area contributed by atoms with Crippen molar-refractivity contribution >= 4 is 44.5 Å². The molecule has 46 heavy (non-hydrogen) atoms. The fourth-order valence-corrected chi connectivity index (χ4v) is 7.35. The molecule has 0 radical (unpaired) electrons. The highest BCUT2D eigenvalue weighted by Gasteiger charge is 2.54. The molecule has 0 amide bonds. The van der Waals surface area contributed by atoms with Gasteiger partial charge in [0, 0.05) is 0 Å². The first-order valence-electron chi connectivity index (χ1n) is 13.4. The Morgan fingerprint density at radius 1 is 0.913 bits per heavy atom. The summed E-state index contributed by atoms with van der Waals surface area (Å²) in [6, 6.07) is 0. The highest BCUT2D eigenvalue weighted by atomic mass is 31.2. The maximum Gasteiger partial charge on any atom is 0.472 e. The van der Waals surface area contributed by atoms with Gasteiger partial charge in [-0.3, -0.25) is 37.0 Å². The number of aliphatic hydroxyl groups is 2. The first kappa shape index (κ1) is 31.3. The first-order chi connectivity index (χ1) is 21.7. The van der Waals surface area contributed by atoms with Crippen molar-refractivity contribution in [3.05, 3.63) is 28.7 Å². The molecule has 7 rings (SSSR count). The third-order valence-corrected chi connectivity index (χ3v) is 9.53. The van der Waals surface area contributed by atoms with E-state index in [1.54, 1.807) is 0 Å². The van der Waals surface area contributed by atoms with Crippen LogP contribution in [0.2, 0.25) is 0 Å². The van der Waals surface area contributed by atoms with Gasteiger partial charge in [0.25, 0.3) is 5.56 Å². The summed E-state index contributed by atoms with van der Waals surface area (Å²) in [5, 5.41) is 24.8. The van der Waals surface area contributed by atoms with Gasteiger partial charge in [0.05, 0.1) is 25.9 Å². The molecule has 0 spiro atoms. The average molecular weight is 691 g/mol. The Labute approximate surface area is 255 Å². The van der Waals surface area contributed by atoms with Crippen molar-refractivity contribution < 1.29 is 56.7 Å². The van der Waals surface area contributed by atoms with Crippen molar-refractivity contribution in [3.8, 4) is 0 Å². The number of nitrogen functional groups attached to an aromatic ring is 1. The standard InChI is InChI=1S/C20H27N11O13P2/c21-13-7-14(27-19(22)26-13)30(3-24-7)17-11-9(32)5(41-17)1-39-46(37,38)44-12-10(33)6(2-40-45(35,36)43-11)42-18(12)31-4-25-8-15(31)28-20(23)29-16(8)34/h3-6,9-13,17-18,32-33H,1-2,21H2,(H,35,36)(H,37,38)(H3,22,26,27)(H3,23,28,29,34). The van der Waals surface area contributed by atoms with E-state index in [0.717, 1.165) is 10.9 Å². The van der Waals surface area contributed by atoms with Crippen molar-refractivity contribution in [2.75, 3.05) is 18.9 Å². The van der Waals surface area contributed by atoms with Gasteiger partial charge in [-0.25, -0.2) is 19.1 Å². The lowest BCUT2D eigenvalue weighted by Crippen LogP contribution is -2.41. The molecule has 26 heteroatoms. The van der Waals surface area contributed by atoms with Crippen LogP contribution in [-0.4, -0.2) is 105 Å². The van der Waals surface area contributed by atoms with Gasteiger partial charge < -0.3 is 52.0 Å². The second kappa shape index (κ2) is 11.1. The zero-order chi connectivity index (χ0) is 32.7. The molecule has 3 fully saturated rings. The number of ether oxygens (including phenoxy) is 2. The molecule has 3 aromatic rings. The van der Waals surface area contributed by atoms with Crippen molar-refractivity contribution in [1.29, 1.82) is 0 Å². The molecular formula is C20H27N11O13P2. The molecule has 11 unspecified atom stereocenters. The molecule has 0 aromatic carbocycles. The lowest BCUT2D eigenvalue weighted by molar-refractivity contribution is -0.0680. The number of fused-ring (bicyclic) bond motifs is 6. The number of aliphatic hydroxyl groups excluding tert-OH is 2. The number of aliphatic imine (C=N–C) groups is 1. The number of imidazole rings is 2. The van der Waals surface area contributed by atoms with E-state index in [2.05, 4.69) is 30.2 Å². The molecular weight excluding hydrogens is 664 g/mol. The van der Waals surface area contributed by atoms with Crippen LogP contribution in [0.15, 0.2) is 22.4 Å². The van der Waals surface area contributed by atoms with Crippen LogP contribution in [0.4, 0.5) is 11.8 Å². The summed E-state index contributed by atoms with van der Waals surface area (Å²) < 4.78 is 61.3. The number of H-pyrrole nitrogens is 1. The Kier molecular flexibility index (Phi) is 7.56. The Morgan fingerprint density at radius 2 is 1.48 bits per heavy atom. The van der Waals surface area contributed by atoms with Crippen molar-refractivity contribution in [1.82, 2.24) is 34.4 Å². The molecule has 4 aliphatic rings. The van der Waals surface area contributed by atoms with Crippen molar-refractivity contribution in [3.63, 3.8) is 0 Å². The minimum absolute atomic E-state index is 0.0732. The van der Waals surface area contributed by atoms with E-state index in [-0.39, 0.29) is 34.6 Å². The Balaban J connectivity index is 1.22. The minimum Gasteiger partial charge on any atom is -0.387 e. The molecule has 11 atom stereocenters. The number of aromatic nitrogens is 6. The zero-order valence-electron chi connectivity index (χ0n) is 23.0. The van der Waals surface area contributed by atoms with Crippen LogP contribution in [0.5, 0.6) is 0 Å². The van der Waals surface area contributed by atoms with E-state index in [0.29, 0.717) is 0 Å². The van der Waals surface area contributed by atoms with Gasteiger partial charge in [-0.1, -0.05) is 0 Å². The molecule has 0 saturated carbocycles. The number of anilines is 1. The molecule has 24 nitrogen and oxygen atoms in total. The average Bonchev–Trinajstić information content (AvgIpc) is 3.72. The van der Waals surface area contributed by atoms with Gasteiger partial charge in [0.2, 0.25) is 5.95 Å². The summed E-state index contributed by atoms with van der Waals surface area (Å²) in [5.74, 6) is -0.294. The van der Waals surface area contributed by atoms with Gasteiger partial charge in [0.1, 0.15) is 48.5 Å². The normalized spacial score (nSPS) is 39.8. The number of phosphoric ester groups is 2. The number of nitrogens with one attached hydrogen (secondary N) is 2. The predicted octanol–water partition coefficient (Wildman–Crippen LogP) is -3.36. The lowest BCUT2D eigenvalue weighted by atomic mass is 10.1. The van der Waals surface area contributed by atoms with Gasteiger partial charge in [-0.2, -0.15) is 9.98 Å². The third kappa shape index (κ3) is 5.41. The minimum atomic E-state index is -5.11. The highest BCUT2D eigenvalue weighted by molar-refractivity contribution is 7.47. The summed E-state index contributed by atoms with van der Waals surface area (Å²) in [7, 11) is -10.2. The van der Waals surface area contributed by atoms with Crippen LogP contribution in [0.3, 0.4) is 0 Å². The summed E-state index contributed by atoms with van der Waals surface area (Å²) in [5.41, 5.74) is 16.6. The smallest absolute Gasteiger partial charge is 0.387 e. The second-order valence-electron chi connectivity index (χ2n) is 10.5. The van der Waals surface area contributed by atoms with E-state index in [1.807, 2.05) is 0 Å². The lowest BCUT2D eigenvalue weighted by Gasteiger charge is -2.26. The fourth-order valence-electron chi connectivity index (χ4n) is 5.48. The molecule has 0 aliphatic carbocycles. The topological polar surface area (TPSA) is 354 Å². The number of rotatable bonds is 2. The SMILES string of the molecule is NC1=Nc2c(ncn2C2OC3COP(=O)(O)OC4C(O)C(COP(=O)(O)OC2C3O)OC4n2cnc3c(=O)[nH]c(N)nc32)C(N)N1. The number of guanidine groups is 1. The van der Waals surface area contributed by atoms with Crippen LogP contribution >= 0.6 is 15.6 Å². The highest BCUT2D eigenvalue weighted by Crippen LogP contribution is 2.54. The summed E-state index contributed by atoms with van der Waals surface area (Å²) >= 11 is 0. The maximum atomic E-state index is 13.2. The summed E-state index contributed by atoms with van der Waals surface area (Å²) in [6.07, 6.45) is -11.5. The summed E-state index contributed by atoms with van der Waals surface area (Å²) in [4.78, 5) is 52.2. The maximum absolute atomic E-state index is 13.2. The number of nitrogens with zero attached hydrogens (tertiary/aromatic N) is 6. The molecule has 3 saturated heterocycles. The Morgan fingerprint density at radius 3 is 2.09 bits per heavy atom. The van der Waals surface area contributed by atoms with E-state index in [1.165, 1.54) is 10.9 Å². The number of nitrogens with two attached hydrogens (primary N) is 3. The Bertz CT molecular complexity index is 1870. The third-order valence-electron chi connectivity index (χ3n) is 7.56. The molecule has 12 N–H and O–H groups in total. The summed E-state index contributed by atoms with van der Waals surface area (Å²) in [6.45, 7) is -1.67. The quantitative estimate of drug-likeness (QED) is 0.118. The van der Waals surface area contributed by atoms with Crippen LogP contribution in [-0.2, 0) is 36.7 Å². The van der Waals surface area contributed by atoms with Crippen LogP contribution in [0, 0.1) is 0 Å².